The van der Waals surface area contributed by atoms with Crippen molar-refractivity contribution < 1.29 is 14.3 Å². The average molecular weight is 381 g/mol. The molecule has 1 amide bonds. The van der Waals surface area contributed by atoms with Crippen LogP contribution in [0.4, 0.5) is 5.69 Å². The van der Waals surface area contributed by atoms with Crippen molar-refractivity contribution >= 4 is 39.1 Å². The molecule has 1 heterocycles. The van der Waals surface area contributed by atoms with Crippen molar-refractivity contribution in [1.29, 1.82) is 0 Å². The first-order valence-corrected chi connectivity index (χ1v) is 9.68. The molecule has 1 fully saturated rings. The highest BCUT2D eigenvalue weighted by molar-refractivity contribution is 6.06. The number of esters is 1. The van der Waals surface area contributed by atoms with E-state index in [4.69, 9.17) is 4.74 Å². The third-order valence-corrected chi connectivity index (χ3v) is 5.46. The Morgan fingerprint density at radius 1 is 0.828 bits per heavy atom. The molecule has 29 heavy (non-hydrogen) atoms. The van der Waals surface area contributed by atoms with Gasteiger partial charge in [-0.25, -0.2) is 0 Å². The monoisotopic (exact) mass is 381 g/mol. The summed E-state index contributed by atoms with van der Waals surface area (Å²) < 4.78 is 5.61. The van der Waals surface area contributed by atoms with Crippen LogP contribution < -0.4 is 9.64 Å². The van der Waals surface area contributed by atoms with E-state index in [-0.39, 0.29) is 18.3 Å². The molecule has 4 aromatic rings. The van der Waals surface area contributed by atoms with E-state index in [9.17, 15) is 9.59 Å². The van der Waals surface area contributed by atoms with Gasteiger partial charge in [0.2, 0.25) is 5.91 Å². The molecule has 0 N–H and O–H groups in total. The van der Waals surface area contributed by atoms with Crippen LogP contribution in [0.25, 0.3) is 21.5 Å². The van der Waals surface area contributed by atoms with Gasteiger partial charge in [-0.15, -0.1) is 0 Å². The van der Waals surface area contributed by atoms with Crippen LogP contribution in [-0.4, -0.2) is 18.4 Å². The van der Waals surface area contributed by atoms with Crippen LogP contribution in [-0.2, 0) is 9.59 Å². The van der Waals surface area contributed by atoms with Gasteiger partial charge in [0.05, 0.1) is 11.6 Å². The fourth-order valence-electron chi connectivity index (χ4n) is 3.97. The van der Waals surface area contributed by atoms with Crippen LogP contribution in [0.2, 0.25) is 0 Å². The second-order valence-corrected chi connectivity index (χ2v) is 7.33. The van der Waals surface area contributed by atoms with Crippen LogP contribution in [0.3, 0.4) is 0 Å². The molecule has 4 nitrogen and oxygen atoms in total. The lowest BCUT2D eigenvalue weighted by Crippen LogP contribution is -2.27. The standard InChI is InChI=1S/C25H19NO3/c27-24-15-20(16-26(24)23-11-5-9-18-7-3-4-10-22(18)23)25(28)29-21-13-12-17-6-1-2-8-19(17)14-21/h1-14,20H,15-16H2/t20-/m1/s1. The molecule has 0 saturated carbocycles. The van der Waals surface area contributed by atoms with Crippen LogP contribution in [0.5, 0.6) is 5.75 Å². The predicted octanol–water partition coefficient (Wildman–Crippen LogP) is 4.95. The van der Waals surface area contributed by atoms with Gasteiger partial charge < -0.3 is 9.64 Å². The molecule has 0 aromatic heterocycles. The SMILES string of the molecule is O=C(Oc1ccc2ccccc2c1)[C@@H]1CC(=O)N(c2cccc3ccccc23)C1. The molecular formula is C25H19NO3. The third-order valence-electron chi connectivity index (χ3n) is 5.46. The molecule has 4 heteroatoms. The molecule has 0 aliphatic carbocycles. The Morgan fingerprint density at radius 2 is 1.55 bits per heavy atom. The minimum atomic E-state index is -0.479. The number of carbonyl (C=O) groups excluding carboxylic acids is 2. The number of hydrogen-bond donors (Lipinski definition) is 0. The molecule has 1 aliphatic heterocycles. The number of hydrogen-bond acceptors (Lipinski definition) is 3. The molecule has 5 rings (SSSR count). The van der Waals surface area contributed by atoms with Gasteiger partial charge in [-0.1, -0.05) is 66.7 Å². The second kappa shape index (κ2) is 7.06. The fraction of sp³-hybridized carbons (Fsp3) is 0.120. The van der Waals surface area contributed by atoms with Gasteiger partial charge in [0, 0.05) is 18.4 Å². The number of rotatable bonds is 3. The summed E-state index contributed by atoms with van der Waals surface area (Å²) in [4.78, 5) is 27.1. The zero-order chi connectivity index (χ0) is 19.8. The summed E-state index contributed by atoms with van der Waals surface area (Å²) >= 11 is 0. The summed E-state index contributed by atoms with van der Waals surface area (Å²) in [5.41, 5.74) is 0.842. The molecule has 1 saturated heterocycles. The zero-order valence-corrected chi connectivity index (χ0v) is 15.7. The topological polar surface area (TPSA) is 46.6 Å². The predicted molar refractivity (Wildman–Crippen MR) is 114 cm³/mol. The zero-order valence-electron chi connectivity index (χ0n) is 15.7. The highest BCUT2D eigenvalue weighted by Crippen LogP contribution is 2.32. The quantitative estimate of drug-likeness (QED) is 0.373. The van der Waals surface area contributed by atoms with E-state index < -0.39 is 5.92 Å². The van der Waals surface area contributed by atoms with Gasteiger partial charge in [-0.3, -0.25) is 9.59 Å². The van der Waals surface area contributed by atoms with Crippen molar-refractivity contribution in [3.05, 3.63) is 84.9 Å². The molecule has 4 aromatic carbocycles. The molecule has 1 atom stereocenters. The molecule has 0 radical (unpaired) electrons. The minimum Gasteiger partial charge on any atom is -0.426 e. The number of amides is 1. The van der Waals surface area contributed by atoms with Gasteiger partial charge >= 0.3 is 5.97 Å². The maximum atomic E-state index is 12.7. The summed E-state index contributed by atoms with van der Waals surface area (Å²) in [6.07, 6.45) is 0.162. The first-order valence-electron chi connectivity index (χ1n) is 9.68. The lowest BCUT2D eigenvalue weighted by molar-refractivity contribution is -0.139. The van der Waals surface area contributed by atoms with Gasteiger partial charge in [-0.2, -0.15) is 0 Å². The Morgan fingerprint density at radius 3 is 2.41 bits per heavy atom. The summed E-state index contributed by atoms with van der Waals surface area (Å²) in [6, 6.07) is 27.3. The van der Waals surface area contributed by atoms with Gasteiger partial charge in [0.15, 0.2) is 0 Å². The molecule has 1 aliphatic rings. The molecule has 142 valence electrons. The highest BCUT2D eigenvalue weighted by atomic mass is 16.5. The van der Waals surface area contributed by atoms with Gasteiger partial charge in [0.1, 0.15) is 5.75 Å². The Balaban J connectivity index is 1.37. The minimum absolute atomic E-state index is 0.0539. The van der Waals surface area contributed by atoms with E-state index in [1.807, 2.05) is 78.9 Å². The normalized spacial score (nSPS) is 16.5. The molecular weight excluding hydrogens is 362 g/mol. The van der Waals surface area contributed by atoms with Crippen molar-refractivity contribution in [2.45, 2.75) is 6.42 Å². The van der Waals surface area contributed by atoms with E-state index in [2.05, 4.69) is 0 Å². The lowest BCUT2D eigenvalue weighted by atomic mass is 10.1. The van der Waals surface area contributed by atoms with Crippen molar-refractivity contribution in [2.75, 3.05) is 11.4 Å². The largest absolute Gasteiger partial charge is 0.426 e. The van der Waals surface area contributed by atoms with E-state index in [1.165, 1.54) is 0 Å². The van der Waals surface area contributed by atoms with Gasteiger partial charge in [0.25, 0.3) is 0 Å². The van der Waals surface area contributed by atoms with Crippen LogP contribution in [0.1, 0.15) is 6.42 Å². The second-order valence-electron chi connectivity index (χ2n) is 7.33. The van der Waals surface area contributed by atoms with E-state index >= 15 is 0 Å². The Labute approximate surface area is 168 Å². The van der Waals surface area contributed by atoms with Crippen LogP contribution >= 0.6 is 0 Å². The summed E-state index contributed by atoms with van der Waals surface area (Å²) in [7, 11) is 0. The van der Waals surface area contributed by atoms with Crippen molar-refractivity contribution in [3.63, 3.8) is 0 Å². The van der Waals surface area contributed by atoms with Crippen molar-refractivity contribution in [1.82, 2.24) is 0 Å². The van der Waals surface area contributed by atoms with Crippen molar-refractivity contribution in [3.8, 4) is 5.75 Å². The summed E-state index contributed by atoms with van der Waals surface area (Å²) in [5.74, 6) is -0.393. The number of carbonyl (C=O) groups is 2. The Kier molecular flexibility index (Phi) is 4.24. The van der Waals surface area contributed by atoms with Crippen LogP contribution in [0, 0.1) is 5.92 Å². The maximum absolute atomic E-state index is 12.7. The van der Waals surface area contributed by atoms with E-state index in [0.717, 1.165) is 27.2 Å². The Hall–Kier alpha value is -3.66. The first-order chi connectivity index (χ1) is 14.2. The average Bonchev–Trinajstić information content (AvgIpc) is 3.15. The third kappa shape index (κ3) is 3.23. The lowest BCUT2D eigenvalue weighted by Gasteiger charge is -2.18. The summed E-state index contributed by atoms with van der Waals surface area (Å²) in [6.45, 7) is 0.333. The number of anilines is 1. The number of fused-ring (bicyclic) bond motifs is 2. The smallest absolute Gasteiger partial charge is 0.316 e. The Bertz CT molecular complexity index is 1240. The molecule has 0 unspecified atom stereocenters. The van der Waals surface area contributed by atoms with Crippen molar-refractivity contribution in [2.24, 2.45) is 5.92 Å². The highest BCUT2D eigenvalue weighted by Gasteiger charge is 2.37. The first kappa shape index (κ1) is 17.4. The van der Waals surface area contributed by atoms with Gasteiger partial charge in [-0.05, 0) is 34.4 Å². The van der Waals surface area contributed by atoms with E-state index in [0.29, 0.717) is 12.3 Å². The molecule has 0 spiro atoms. The number of nitrogens with zero attached hydrogens (tertiary/aromatic N) is 1. The number of ether oxygens (including phenoxy) is 1. The fourth-order valence-corrected chi connectivity index (χ4v) is 3.97. The summed E-state index contributed by atoms with van der Waals surface area (Å²) in [5, 5.41) is 4.18. The molecule has 0 bridgehead atoms. The van der Waals surface area contributed by atoms with Crippen LogP contribution in [0.15, 0.2) is 84.9 Å². The maximum Gasteiger partial charge on any atom is 0.316 e. The van der Waals surface area contributed by atoms with E-state index in [1.54, 1.807) is 11.0 Å². The number of benzene rings is 4.